The molecule has 0 unspecified atom stereocenters. The van der Waals surface area contributed by atoms with E-state index < -0.39 is 22.7 Å². The standard InChI is InChI=1S/C12H10F3N5OS/c1-6-18-9(12(13,14)15)8(22-6)11(21)20-19-10(16)7-3-2-4-17-5-7/h2-5H,1H3,(H2,16,19)(H,20,21)/p+1. The monoisotopic (exact) mass is 330 g/mol. The van der Waals surface area contributed by atoms with Crippen LogP contribution in [0, 0.1) is 6.92 Å². The number of rotatable bonds is 3. The molecule has 22 heavy (non-hydrogen) atoms. The van der Waals surface area contributed by atoms with Crippen molar-refractivity contribution in [2.45, 2.75) is 13.1 Å². The normalized spacial score (nSPS) is 12.3. The number of hydrogen-bond acceptors (Lipinski definition) is 4. The van der Waals surface area contributed by atoms with E-state index in [1.165, 1.54) is 13.1 Å². The maximum atomic E-state index is 12.8. The second kappa shape index (κ2) is 6.10. The number of alkyl halides is 3. The van der Waals surface area contributed by atoms with E-state index in [9.17, 15) is 18.0 Å². The van der Waals surface area contributed by atoms with Gasteiger partial charge < -0.3 is 5.73 Å². The largest absolute Gasteiger partial charge is 0.435 e. The fraction of sp³-hybridized carbons (Fsp3) is 0.167. The van der Waals surface area contributed by atoms with Crippen molar-refractivity contribution in [3.8, 4) is 0 Å². The van der Waals surface area contributed by atoms with Gasteiger partial charge in [0.25, 0.3) is 5.91 Å². The Kier molecular flexibility index (Phi) is 4.40. The number of aromatic amines is 1. The van der Waals surface area contributed by atoms with Crippen LogP contribution in [0.2, 0.25) is 0 Å². The molecule has 1 amide bonds. The summed E-state index contributed by atoms with van der Waals surface area (Å²) in [7, 11) is 0. The number of nitrogens with two attached hydrogens (primary N) is 1. The minimum absolute atomic E-state index is 0.0417. The lowest BCUT2D eigenvalue weighted by atomic mass is 10.3. The summed E-state index contributed by atoms with van der Waals surface area (Å²) in [6.07, 6.45) is -1.53. The molecule has 0 radical (unpaired) electrons. The molecule has 2 aromatic heterocycles. The van der Waals surface area contributed by atoms with Crippen molar-refractivity contribution in [3.05, 3.63) is 45.7 Å². The van der Waals surface area contributed by atoms with Crippen molar-refractivity contribution in [3.63, 3.8) is 0 Å². The number of amidine groups is 1. The Morgan fingerprint density at radius 1 is 1.50 bits per heavy atom. The van der Waals surface area contributed by atoms with E-state index in [-0.39, 0.29) is 10.8 Å². The molecule has 0 aliphatic rings. The Bertz CT molecular complexity index is 711. The average molecular weight is 330 g/mol. The highest BCUT2D eigenvalue weighted by Crippen LogP contribution is 2.34. The van der Waals surface area contributed by atoms with Gasteiger partial charge in [-0.2, -0.15) is 18.3 Å². The molecule has 6 nitrogen and oxygen atoms in total. The Balaban J connectivity index is 2.20. The molecule has 10 heteroatoms. The first-order valence-corrected chi connectivity index (χ1v) is 6.75. The van der Waals surface area contributed by atoms with Gasteiger partial charge in [0.1, 0.15) is 4.88 Å². The fourth-order valence-electron chi connectivity index (χ4n) is 1.55. The van der Waals surface area contributed by atoms with Crippen LogP contribution in [0.25, 0.3) is 0 Å². The number of nitrogens with one attached hydrogen (secondary N) is 2. The molecule has 0 spiro atoms. The molecular formula is C12H11F3N5OS+. The van der Waals surface area contributed by atoms with Gasteiger partial charge in [-0.05, 0) is 13.0 Å². The van der Waals surface area contributed by atoms with E-state index in [2.05, 4.69) is 15.1 Å². The van der Waals surface area contributed by atoms with Crippen molar-refractivity contribution in [2.75, 3.05) is 0 Å². The molecule has 2 heterocycles. The number of amides is 1. The Labute approximate surface area is 126 Å². The average Bonchev–Trinajstić information content (AvgIpc) is 2.87. The lowest BCUT2D eigenvalue weighted by Gasteiger charge is -2.05. The summed E-state index contributed by atoms with van der Waals surface area (Å²) in [6.45, 7) is 1.38. The topological polar surface area (TPSA) is 94.5 Å². The summed E-state index contributed by atoms with van der Waals surface area (Å²) < 4.78 is 38.4. The minimum Gasteiger partial charge on any atom is -0.382 e. The van der Waals surface area contributed by atoms with Crippen molar-refractivity contribution < 1.29 is 22.9 Å². The van der Waals surface area contributed by atoms with Crippen LogP contribution in [0.1, 0.15) is 25.9 Å². The van der Waals surface area contributed by atoms with Crippen molar-refractivity contribution in [1.29, 1.82) is 0 Å². The van der Waals surface area contributed by atoms with Gasteiger partial charge in [0, 0.05) is 6.07 Å². The third kappa shape index (κ3) is 3.58. The van der Waals surface area contributed by atoms with Crippen molar-refractivity contribution in [1.82, 2.24) is 10.4 Å². The third-order valence-corrected chi connectivity index (χ3v) is 3.46. The molecule has 4 N–H and O–H groups in total. The summed E-state index contributed by atoms with van der Waals surface area (Å²) in [5.41, 5.74) is 6.89. The number of hydrogen-bond donors (Lipinski definition) is 2. The summed E-state index contributed by atoms with van der Waals surface area (Å²) in [5.74, 6) is -1.05. The van der Waals surface area contributed by atoms with Crippen LogP contribution >= 0.6 is 11.3 Å². The molecule has 0 saturated heterocycles. The Hall–Kier alpha value is -2.49. The molecular weight excluding hydrogens is 319 g/mol. The second-order valence-corrected chi connectivity index (χ2v) is 5.34. The molecule has 2 rings (SSSR count). The van der Waals surface area contributed by atoms with Crippen LogP contribution in [0.4, 0.5) is 13.2 Å². The van der Waals surface area contributed by atoms with Gasteiger partial charge in [-0.3, -0.25) is 4.79 Å². The van der Waals surface area contributed by atoms with Gasteiger partial charge in [0.05, 0.1) is 10.6 Å². The number of aryl methyl sites for hydroxylation is 1. The lowest BCUT2D eigenvalue weighted by molar-refractivity contribution is -0.378. The summed E-state index contributed by atoms with van der Waals surface area (Å²) >= 11 is 0.637. The maximum absolute atomic E-state index is 12.8. The van der Waals surface area contributed by atoms with E-state index in [4.69, 9.17) is 5.73 Å². The summed E-state index contributed by atoms with van der Waals surface area (Å²) in [4.78, 5) is 17.4. The van der Waals surface area contributed by atoms with E-state index in [1.807, 2.05) is 5.43 Å². The third-order valence-electron chi connectivity index (χ3n) is 2.49. The number of carbonyl (C=O) groups is 1. The zero-order chi connectivity index (χ0) is 16.3. The van der Waals surface area contributed by atoms with Gasteiger partial charge in [0.15, 0.2) is 23.9 Å². The van der Waals surface area contributed by atoms with Gasteiger partial charge in [-0.25, -0.2) is 15.4 Å². The van der Waals surface area contributed by atoms with Crippen LogP contribution in [-0.4, -0.2) is 16.7 Å². The van der Waals surface area contributed by atoms with Gasteiger partial charge >= 0.3 is 6.18 Å². The second-order valence-electron chi connectivity index (χ2n) is 4.14. The Morgan fingerprint density at radius 2 is 2.23 bits per heavy atom. The van der Waals surface area contributed by atoms with Crippen LogP contribution in [-0.2, 0) is 6.18 Å². The first-order chi connectivity index (χ1) is 10.3. The zero-order valence-electron chi connectivity index (χ0n) is 11.2. The van der Waals surface area contributed by atoms with Crippen molar-refractivity contribution in [2.24, 2.45) is 10.8 Å². The van der Waals surface area contributed by atoms with Crippen LogP contribution in [0.3, 0.4) is 0 Å². The number of carbonyl (C=O) groups excluding carboxylic acids is 1. The SMILES string of the molecule is Cc1nc(C(F)(F)F)c(C(=O)NN=C(N)c2ccc[nH+]c2)s1. The van der Waals surface area contributed by atoms with Gasteiger partial charge in [-0.1, -0.05) is 0 Å². The Morgan fingerprint density at radius 3 is 2.82 bits per heavy atom. The highest BCUT2D eigenvalue weighted by atomic mass is 32.1. The van der Waals surface area contributed by atoms with Crippen LogP contribution in [0.15, 0.2) is 29.6 Å². The number of hydrazone groups is 1. The predicted molar refractivity (Wildman–Crippen MR) is 73.0 cm³/mol. The first kappa shape index (κ1) is 15.9. The van der Waals surface area contributed by atoms with E-state index in [1.54, 1.807) is 18.3 Å². The lowest BCUT2D eigenvalue weighted by Crippen LogP contribution is -2.26. The summed E-state index contributed by atoms with van der Waals surface area (Å²) in [5, 5.41) is 3.72. The van der Waals surface area contributed by atoms with E-state index >= 15 is 0 Å². The molecule has 116 valence electrons. The smallest absolute Gasteiger partial charge is 0.382 e. The number of nitrogens with zero attached hydrogens (tertiary/aromatic N) is 2. The van der Waals surface area contributed by atoms with Crippen LogP contribution in [0.5, 0.6) is 0 Å². The zero-order valence-corrected chi connectivity index (χ0v) is 12.0. The molecule has 0 aromatic carbocycles. The number of thiazole rings is 1. The van der Waals surface area contributed by atoms with E-state index in [0.717, 1.165) is 0 Å². The summed E-state index contributed by atoms with van der Waals surface area (Å²) in [6, 6.07) is 3.29. The fourth-order valence-corrected chi connectivity index (χ4v) is 2.38. The maximum Gasteiger partial charge on any atom is 0.435 e. The molecule has 0 saturated carbocycles. The number of aromatic nitrogens is 2. The molecule has 0 fully saturated rings. The van der Waals surface area contributed by atoms with E-state index in [0.29, 0.717) is 16.9 Å². The van der Waals surface area contributed by atoms with Crippen LogP contribution < -0.4 is 16.1 Å². The molecule has 0 aliphatic heterocycles. The molecule has 0 atom stereocenters. The highest BCUT2D eigenvalue weighted by Gasteiger charge is 2.39. The predicted octanol–water partition coefficient (Wildman–Crippen LogP) is 1.33. The quantitative estimate of drug-likeness (QED) is 0.505. The number of pyridine rings is 1. The first-order valence-electron chi connectivity index (χ1n) is 5.93. The van der Waals surface area contributed by atoms with Gasteiger partial charge in [-0.15, -0.1) is 11.3 Å². The molecule has 0 aliphatic carbocycles. The molecule has 0 bridgehead atoms. The minimum atomic E-state index is -4.71. The highest BCUT2D eigenvalue weighted by molar-refractivity contribution is 7.13. The number of H-pyrrole nitrogens is 1. The molecule has 2 aromatic rings. The number of halogens is 3. The van der Waals surface area contributed by atoms with Crippen molar-refractivity contribution >= 4 is 23.1 Å². The van der Waals surface area contributed by atoms with Gasteiger partial charge in [0.2, 0.25) is 0 Å².